The Hall–Kier alpha value is -1.07. The minimum absolute atomic E-state index is 0.0108. The number of benzene rings is 1. The molecule has 1 aromatic carbocycles. The zero-order valence-corrected chi connectivity index (χ0v) is 12.7. The van der Waals surface area contributed by atoms with Crippen molar-refractivity contribution in [3.63, 3.8) is 0 Å². The van der Waals surface area contributed by atoms with Gasteiger partial charge in [0.05, 0.1) is 16.3 Å². The van der Waals surface area contributed by atoms with E-state index in [1.54, 1.807) is 25.1 Å². The molecule has 0 spiro atoms. The summed E-state index contributed by atoms with van der Waals surface area (Å²) in [6, 6.07) is 5.05. The van der Waals surface area contributed by atoms with Crippen molar-refractivity contribution < 1.29 is 17.9 Å². The topological polar surface area (TPSA) is 60.4 Å². The van der Waals surface area contributed by atoms with E-state index in [1.807, 2.05) is 6.92 Å². The summed E-state index contributed by atoms with van der Waals surface area (Å²) >= 11 is 5.96. The van der Waals surface area contributed by atoms with Gasteiger partial charge in [-0.1, -0.05) is 17.7 Å². The molecule has 0 aliphatic heterocycles. The van der Waals surface area contributed by atoms with Crippen LogP contribution in [0, 0.1) is 6.92 Å². The van der Waals surface area contributed by atoms with Crippen LogP contribution in [0.3, 0.4) is 0 Å². The highest BCUT2D eigenvalue weighted by atomic mass is 35.5. The number of carbonyl (C=O) groups excluding carboxylic acids is 1. The van der Waals surface area contributed by atoms with E-state index in [0.717, 1.165) is 11.8 Å². The van der Waals surface area contributed by atoms with E-state index in [0.29, 0.717) is 10.6 Å². The monoisotopic (exact) mass is 304 g/mol. The molecule has 0 heterocycles. The third kappa shape index (κ3) is 5.61. The summed E-state index contributed by atoms with van der Waals surface area (Å²) in [5.74, 6) is -0.547. The predicted molar refractivity (Wildman–Crippen MR) is 75.4 cm³/mol. The molecule has 0 fully saturated rings. The van der Waals surface area contributed by atoms with Gasteiger partial charge in [0.25, 0.3) is 0 Å². The van der Waals surface area contributed by atoms with E-state index in [-0.39, 0.29) is 12.2 Å². The molecule has 1 aromatic rings. The first-order valence-electron chi connectivity index (χ1n) is 5.84. The highest BCUT2D eigenvalue weighted by Crippen LogP contribution is 2.19. The van der Waals surface area contributed by atoms with Crippen LogP contribution >= 0.6 is 11.6 Å². The lowest BCUT2D eigenvalue weighted by Gasteiger charge is -2.13. The van der Waals surface area contributed by atoms with Crippen LogP contribution in [0.1, 0.15) is 29.3 Å². The van der Waals surface area contributed by atoms with Gasteiger partial charge in [0.2, 0.25) is 0 Å². The summed E-state index contributed by atoms with van der Waals surface area (Å²) in [7, 11) is -3.05. The first-order chi connectivity index (χ1) is 8.69. The smallest absolute Gasteiger partial charge is 0.339 e. The molecule has 1 atom stereocenters. The maximum absolute atomic E-state index is 11.9. The Kier molecular flexibility index (Phi) is 5.38. The zero-order chi connectivity index (χ0) is 14.6. The summed E-state index contributed by atoms with van der Waals surface area (Å²) in [6.45, 7) is 3.53. The fraction of sp³-hybridized carbons (Fsp3) is 0.462. The summed E-state index contributed by atoms with van der Waals surface area (Å²) in [6.07, 6.45) is 0.950. The van der Waals surface area contributed by atoms with Crippen LogP contribution in [-0.4, -0.2) is 32.5 Å². The number of esters is 1. The number of carbonyl (C=O) groups is 1. The average molecular weight is 305 g/mol. The predicted octanol–water partition coefficient (Wildman–Crippen LogP) is 2.63. The van der Waals surface area contributed by atoms with Crippen LogP contribution in [0.15, 0.2) is 18.2 Å². The molecule has 0 aliphatic carbocycles. The number of hydrogen-bond donors (Lipinski definition) is 0. The van der Waals surface area contributed by atoms with E-state index in [9.17, 15) is 13.2 Å². The highest BCUT2D eigenvalue weighted by Gasteiger charge is 2.16. The van der Waals surface area contributed by atoms with E-state index in [1.165, 1.54) is 0 Å². The van der Waals surface area contributed by atoms with Gasteiger partial charge in [0, 0.05) is 6.26 Å². The molecule has 0 saturated carbocycles. The van der Waals surface area contributed by atoms with Gasteiger partial charge in [-0.2, -0.15) is 0 Å². The van der Waals surface area contributed by atoms with Crippen LogP contribution in [0.25, 0.3) is 0 Å². The molecule has 0 radical (unpaired) electrons. The average Bonchev–Trinajstić information content (AvgIpc) is 2.25. The first-order valence-corrected chi connectivity index (χ1v) is 8.28. The van der Waals surface area contributed by atoms with Gasteiger partial charge in [0.1, 0.15) is 15.9 Å². The Morgan fingerprint density at radius 3 is 2.58 bits per heavy atom. The third-order valence-corrected chi connectivity index (χ3v) is 3.84. The van der Waals surface area contributed by atoms with Crippen molar-refractivity contribution in [2.75, 3.05) is 12.0 Å². The van der Waals surface area contributed by atoms with Crippen molar-refractivity contribution in [3.05, 3.63) is 34.3 Å². The van der Waals surface area contributed by atoms with Crippen molar-refractivity contribution in [2.24, 2.45) is 0 Å². The van der Waals surface area contributed by atoms with Crippen LogP contribution < -0.4 is 0 Å². The Labute approximate surface area is 118 Å². The van der Waals surface area contributed by atoms with Crippen molar-refractivity contribution in [1.29, 1.82) is 0 Å². The maximum atomic E-state index is 11.9. The van der Waals surface area contributed by atoms with Crippen molar-refractivity contribution in [2.45, 2.75) is 26.4 Å². The Bertz CT molecular complexity index is 566. The molecule has 6 heteroatoms. The largest absolute Gasteiger partial charge is 0.459 e. The fourth-order valence-electron chi connectivity index (χ4n) is 1.47. The van der Waals surface area contributed by atoms with Crippen molar-refractivity contribution >= 4 is 27.4 Å². The van der Waals surface area contributed by atoms with Gasteiger partial charge in [-0.15, -0.1) is 0 Å². The second kappa shape index (κ2) is 6.39. The Morgan fingerprint density at radius 2 is 2.05 bits per heavy atom. The van der Waals surface area contributed by atoms with E-state index >= 15 is 0 Å². The van der Waals surface area contributed by atoms with E-state index in [4.69, 9.17) is 16.3 Å². The standard InChI is InChI=1S/C13H17ClO4S/c1-9-4-5-11(12(14)8-9)13(15)18-10(2)6-7-19(3,16)17/h4-5,8,10H,6-7H2,1-3H3/t10-/m1/s1. The fourth-order valence-corrected chi connectivity index (χ4v) is 2.54. The number of aryl methyl sites for hydroxylation is 1. The molecule has 0 amide bonds. The zero-order valence-electron chi connectivity index (χ0n) is 11.1. The van der Waals surface area contributed by atoms with Gasteiger partial charge in [0.15, 0.2) is 0 Å². The lowest BCUT2D eigenvalue weighted by atomic mass is 10.1. The maximum Gasteiger partial charge on any atom is 0.339 e. The van der Waals surface area contributed by atoms with Crippen molar-refractivity contribution in [3.8, 4) is 0 Å². The number of rotatable bonds is 5. The normalized spacial score (nSPS) is 13.1. The number of halogens is 1. The third-order valence-electron chi connectivity index (χ3n) is 2.55. The summed E-state index contributed by atoms with van der Waals surface area (Å²) in [4.78, 5) is 11.9. The number of ether oxygens (including phenoxy) is 1. The number of hydrogen-bond acceptors (Lipinski definition) is 4. The van der Waals surface area contributed by atoms with Crippen molar-refractivity contribution in [1.82, 2.24) is 0 Å². The molecular formula is C13H17ClO4S. The first kappa shape index (κ1) is 16.0. The van der Waals surface area contributed by atoms with Gasteiger partial charge in [-0.3, -0.25) is 0 Å². The molecule has 0 N–H and O–H groups in total. The quantitative estimate of drug-likeness (QED) is 0.785. The molecule has 1 rings (SSSR count). The van der Waals surface area contributed by atoms with Crippen LogP contribution in [0.5, 0.6) is 0 Å². The second-order valence-corrected chi connectivity index (χ2v) is 7.28. The lowest BCUT2D eigenvalue weighted by molar-refractivity contribution is 0.0336. The second-order valence-electron chi connectivity index (χ2n) is 4.62. The summed E-state index contributed by atoms with van der Waals surface area (Å²) in [5, 5.41) is 0.334. The Morgan fingerprint density at radius 1 is 1.42 bits per heavy atom. The SMILES string of the molecule is Cc1ccc(C(=O)O[C@H](C)CCS(C)(=O)=O)c(Cl)c1. The van der Waals surface area contributed by atoms with E-state index < -0.39 is 21.9 Å². The molecule has 0 saturated heterocycles. The van der Waals surface area contributed by atoms with Gasteiger partial charge < -0.3 is 4.74 Å². The van der Waals surface area contributed by atoms with Crippen LogP contribution in [0.2, 0.25) is 5.02 Å². The molecule has 4 nitrogen and oxygen atoms in total. The van der Waals surface area contributed by atoms with Gasteiger partial charge >= 0.3 is 5.97 Å². The molecule has 0 unspecified atom stereocenters. The molecule has 0 aliphatic rings. The highest BCUT2D eigenvalue weighted by molar-refractivity contribution is 7.90. The summed E-state index contributed by atoms with van der Waals surface area (Å²) < 4.78 is 27.2. The lowest BCUT2D eigenvalue weighted by Crippen LogP contribution is -2.19. The van der Waals surface area contributed by atoms with Crippen LogP contribution in [0.4, 0.5) is 0 Å². The Balaban J connectivity index is 2.64. The molecule has 0 aromatic heterocycles. The molecular weight excluding hydrogens is 288 g/mol. The minimum Gasteiger partial charge on any atom is -0.459 e. The van der Waals surface area contributed by atoms with Crippen LogP contribution in [-0.2, 0) is 14.6 Å². The van der Waals surface area contributed by atoms with Gasteiger partial charge in [-0.25, -0.2) is 13.2 Å². The molecule has 19 heavy (non-hydrogen) atoms. The van der Waals surface area contributed by atoms with Gasteiger partial charge in [-0.05, 0) is 38.0 Å². The molecule has 0 bridgehead atoms. The number of sulfone groups is 1. The van der Waals surface area contributed by atoms with E-state index in [2.05, 4.69) is 0 Å². The summed E-state index contributed by atoms with van der Waals surface area (Å²) in [5.41, 5.74) is 1.24. The molecule has 106 valence electrons. The minimum atomic E-state index is -3.05.